The molecule has 1 saturated heterocycles. The highest BCUT2D eigenvalue weighted by molar-refractivity contribution is 14.0. The number of guanidine groups is 1. The second kappa shape index (κ2) is 12.6. The first-order valence-electron chi connectivity index (χ1n) is 10.0. The number of nitrogens with zero attached hydrogens (tertiary/aromatic N) is 1. The van der Waals surface area contributed by atoms with Gasteiger partial charge < -0.3 is 20.7 Å². The van der Waals surface area contributed by atoms with E-state index in [4.69, 9.17) is 4.74 Å². The van der Waals surface area contributed by atoms with Crippen LogP contribution in [0, 0.1) is 0 Å². The molecule has 176 valence electrons. The number of halogens is 1. The van der Waals surface area contributed by atoms with Crippen molar-refractivity contribution in [1.82, 2.24) is 20.7 Å². The minimum atomic E-state index is -3.56. The summed E-state index contributed by atoms with van der Waals surface area (Å²) in [5.41, 5.74) is 0.590. The molecule has 31 heavy (non-hydrogen) atoms. The lowest BCUT2D eigenvalue weighted by Gasteiger charge is -2.21. The van der Waals surface area contributed by atoms with Crippen molar-refractivity contribution < 1.29 is 17.9 Å². The normalized spacial score (nSPS) is 17.0. The Hall–Kier alpha value is -1.44. The Morgan fingerprint density at radius 2 is 1.87 bits per heavy atom. The van der Waals surface area contributed by atoms with Gasteiger partial charge in [0.1, 0.15) is 0 Å². The number of hydrogen-bond donors (Lipinski definition) is 4. The highest BCUT2D eigenvalue weighted by Crippen LogP contribution is 2.14. The lowest BCUT2D eigenvalue weighted by molar-refractivity contribution is -0.121. The molecule has 1 atom stereocenters. The van der Waals surface area contributed by atoms with Crippen LogP contribution in [-0.2, 0) is 26.1 Å². The third kappa shape index (κ3) is 10.1. The summed E-state index contributed by atoms with van der Waals surface area (Å²) in [5, 5.41) is 8.92. The molecule has 1 aliphatic rings. The molecule has 0 bridgehead atoms. The minimum Gasteiger partial charge on any atom is -0.377 e. The average molecular weight is 567 g/mol. The molecule has 9 nitrogen and oxygen atoms in total. The van der Waals surface area contributed by atoms with Gasteiger partial charge >= 0.3 is 0 Å². The fraction of sp³-hybridized carbons (Fsp3) is 0.600. The van der Waals surface area contributed by atoms with Crippen LogP contribution in [0.1, 0.15) is 39.2 Å². The smallest absolute Gasteiger partial charge is 0.240 e. The molecular formula is C20H34IN5O4S. The molecule has 1 fully saturated rings. The zero-order valence-electron chi connectivity index (χ0n) is 18.5. The van der Waals surface area contributed by atoms with Crippen LogP contribution in [0.25, 0.3) is 0 Å². The van der Waals surface area contributed by atoms with Crippen molar-refractivity contribution in [2.24, 2.45) is 4.99 Å². The Bertz CT molecular complexity index is 832. The van der Waals surface area contributed by atoms with Crippen LogP contribution in [0.4, 0.5) is 0 Å². The topological polar surface area (TPSA) is 121 Å². The van der Waals surface area contributed by atoms with E-state index in [-0.39, 0.29) is 59.5 Å². The van der Waals surface area contributed by atoms with E-state index in [1.807, 2.05) is 20.8 Å². The van der Waals surface area contributed by atoms with E-state index >= 15 is 0 Å². The van der Waals surface area contributed by atoms with E-state index < -0.39 is 10.0 Å². The first-order valence-corrected chi connectivity index (χ1v) is 11.5. The molecule has 1 aromatic carbocycles. The molecule has 2 rings (SSSR count). The van der Waals surface area contributed by atoms with Crippen molar-refractivity contribution in [2.45, 2.75) is 56.7 Å². The van der Waals surface area contributed by atoms with E-state index in [9.17, 15) is 13.2 Å². The molecule has 0 spiro atoms. The lowest BCUT2D eigenvalue weighted by atomic mass is 10.1. The number of ether oxygens (including phenoxy) is 1. The maximum Gasteiger partial charge on any atom is 0.240 e. The van der Waals surface area contributed by atoms with Crippen LogP contribution < -0.4 is 20.7 Å². The van der Waals surface area contributed by atoms with Crippen molar-refractivity contribution in [1.29, 1.82) is 0 Å². The van der Waals surface area contributed by atoms with Crippen molar-refractivity contribution in [3.63, 3.8) is 0 Å². The van der Waals surface area contributed by atoms with Gasteiger partial charge in [-0.2, -0.15) is 0 Å². The SMILES string of the molecule is CN=C(NCC(=O)NC(C)(C)C)NCc1ccc(S(=O)(=O)NCC2CCCO2)cc1.I. The maximum atomic E-state index is 12.4. The Morgan fingerprint density at radius 1 is 1.19 bits per heavy atom. The van der Waals surface area contributed by atoms with Crippen LogP contribution in [0.5, 0.6) is 0 Å². The first-order chi connectivity index (χ1) is 14.1. The molecule has 0 aliphatic carbocycles. The molecule has 1 amide bonds. The van der Waals surface area contributed by atoms with E-state index in [0.717, 1.165) is 18.4 Å². The lowest BCUT2D eigenvalue weighted by Crippen LogP contribution is -2.48. The summed E-state index contributed by atoms with van der Waals surface area (Å²) in [6, 6.07) is 6.63. The van der Waals surface area contributed by atoms with Gasteiger partial charge in [0, 0.05) is 32.3 Å². The van der Waals surface area contributed by atoms with Gasteiger partial charge in [-0.05, 0) is 51.3 Å². The first kappa shape index (κ1) is 27.6. The number of carbonyl (C=O) groups is 1. The molecule has 11 heteroatoms. The van der Waals surface area contributed by atoms with Crippen LogP contribution in [0.3, 0.4) is 0 Å². The van der Waals surface area contributed by atoms with Crippen molar-refractivity contribution in [3.05, 3.63) is 29.8 Å². The largest absolute Gasteiger partial charge is 0.377 e. The number of hydrogen-bond acceptors (Lipinski definition) is 5. The minimum absolute atomic E-state index is 0. The number of carbonyl (C=O) groups excluding carboxylic acids is 1. The second-order valence-corrected chi connectivity index (χ2v) is 9.98. The second-order valence-electron chi connectivity index (χ2n) is 8.21. The number of rotatable bonds is 8. The fourth-order valence-electron chi connectivity index (χ4n) is 2.91. The fourth-order valence-corrected chi connectivity index (χ4v) is 3.98. The molecular weight excluding hydrogens is 533 g/mol. The number of benzene rings is 1. The summed E-state index contributed by atoms with van der Waals surface area (Å²) < 4.78 is 32.9. The molecule has 1 heterocycles. The molecule has 0 aromatic heterocycles. The third-order valence-electron chi connectivity index (χ3n) is 4.37. The van der Waals surface area contributed by atoms with Crippen molar-refractivity contribution in [3.8, 4) is 0 Å². The van der Waals surface area contributed by atoms with Gasteiger partial charge in [0.05, 0.1) is 17.5 Å². The Kier molecular flexibility index (Phi) is 11.2. The highest BCUT2D eigenvalue weighted by Gasteiger charge is 2.20. The van der Waals surface area contributed by atoms with Gasteiger partial charge in [0.25, 0.3) is 0 Å². The van der Waals surface area contributed by atoms with Crippen molar-refractivity contribution >= 4 is 45.9 Å². The summed E-state index contributed by atoms with van der Waals surface area (Å²) in [6.07, 6.45) is 1.79. The Balaban J connectivity index is 0.00000480. The van der Waals surface area contributed by atoms with Gasteiger partial charge in [-0.15, -0.1) is 24.0 Å². The summed E-state index contributed by atoms with van der Waals surface area (Å²) in [5.74, 6) is 0.351. The maximum absolute atomic E-state index is 12.4. The monoisotopic (exact) mass is 567 g/mol. The third-order valence-corrected chi connectivity index (χ3v) is 5.81. The highest BCUT2D eigenvalue weighted by atomic mass is 127. The number of aliphatic imine (C=N–C) groups is 1. The van der Waals surface area contributed by atoms with Gasteiger partial charge in [0.15, 0.2) is 5.96 Å². The molecule has 0 saturated carbocycles. The van der Waals surface area contributed by atoms with Crippen LogP contribution in [0.15, 0.2) is 34.2 Å². The summed E-state index contributed by atoms with van der Waals surface area (Å²) in [6.45, 7) is 7.26. The zero-order valence-corrected chi connectivity index (χ0v) is 21.7. The zero-order chi connectivity index (χ0) is 22.2. The van der Waals surface area contributed by atoms with Gasteiger partial charge in [-0.3, -0.25) is 9.79 Å². The molecule has 1 aliphatic heterocycles. The average Bonchev–Trinajstić information content (AvgIpc) is 3.19. The molecule has 1 unspecified atom stereocenters. The Labute approximate surface area is 202 Å². The van der Waals surface area contributed by atoms with Gasteiger partial charge in [-0.25, -0.2) is 13.1 Å². The van der Waals surface area contributed by atoms with E-state index in [2.05, 4.69) is 25.7 Å². The molecule has 4 N–H and O–H groups in total. The van der Waals surface area contributed by atoms with Gasteiger partial charge in [0.2, 0.25) is 15.9 Å². The number of sulfonamides is 1. The predicted molar refractivity (Wildman–Crippen MR) is 132 cm³/mol. The van der Waals surface area contributed by atoms with Crippen LogP contribution in [-0.4, -0.2) is 58.7 Å². The van der Waals surface area contributed by atoms with E-state index in [1.54, 1.807) is 31.3 Å². The Morgan fingerprint density at radius 3 is 2.42 bits per heavy atom. The van der Waals surface area contributed by atoms with Crippen LogP contribution >= 0.6 is 24.0 Å². The summed E-state index contributed by atoms with van der Waals surface area (Å²) >= 11 is 0. The summed E-state index contributed by atoms with van der Waals surface area (Å²) in [7, 11) is -1.95. The van der Waals surface area contributed by atoms with Gasteiger partial charge in [-0.1, -0.05) is 12.1 Å². The molecule has 0 radical (unpaired) electrons. The standard InChI is InChI=1S/C20H33N5O4S.HI/c1-20(2,3)25-18(26)14-23-19(21-4)22-12-15-7-9-17(10-8-15)30(27,28)24-13-16-6-5-11-29-16;/h7-10,16,24H,5-6,11-14H2,1-4H3,(H,25,26)(H2,21,22,23);1H. The summed E-state index contributed by atoms with van der Waals surface area (Å²) in [4.78, 5) is 16.2. The van der Waals surface area contributed by atoms with Crippen LogP contribution in [0.2, 0.25) is 0 Å². The molecule has 1 aromatic rings. The van der Waals surface area contributed by atoms with E-state index in [1.165, 1.54) is 0 Å². The van der Waals surface area contributed by atoms with E-state index in [0.29, 0.717) is 19.1 Å². The predicted octanol–water partition coefficient (Wildman–Crippen LogP) is 1.34. The quantitative estimate of drug-likeness (QED) is 0.214. The number of nitrogens with one attached hydrogen (secondary N) is 4. The van der Waals surface area contributed by atoms with Crippen molar-refractivity contribution in [2.75, 3.05) is 26.7 Å². The number of amides is 1.